The van der Waals surface area contributed by atoms with Crippen LogP contribution in [0.25, 0.3) is 0 Å². The summed E-state index contributed by atoms with van der Waals surface area (Å²) in [5.41, 5.74) is 5.62. The second-order valence-corrected chi connectivity index (χ2v) is 2.57. The van der Waals surface area contributed by atoms with Crippen LogP contribution in [0.5, 0.6) is 0 Å². The SMILES string of the molecule is COC1=C(/C(N)=N/O)C=CCC1F. The van der Waals surface area contributed by atoms with Gasteiger partial charge in [-0.1, -0.05) is 17.3 Å². The van der Waals surface area contributed by atoms with Gasteiger partial charge in [-0.15, -0.1) is 0 Å². The van der Waals surface area contributed by atoms with Crippen molar-refractivity contribution in [2.45, 2.75) is 12.6 Å². The normalized spacial score (nSPS) is 23.5. The molecule has 0 heterocycles. The Morgan fingerprint density at radius 3 is 3.08 bits per heavy atom. The molecule has 1 aliphatic carbocycles. The fourth-order valence-electron chi connectivity index (χ4n) is 1.17. The highest BCUT2D eigenvalue weighted by Crippen LogP contribution is 2.22. The molecule has 5 heteroatoms. The van der Waals surface area contributed by atoms with E-state index >= 15 is 0 Å². The van der Waals surface area contributed by atoms with E-state index in [1.807, 2.05) is 0 Å². The van der Waals surface area contributed by atoms with Crippen molar-refractivity contribution >= 4 is 5.84 Å². The van der Waals surface area contributed by atoms with E-state index in [0.717, 1.165) is 0 Å². The standard InChI is InChI=1S/C8H11FN2O2/c1-13-7-5(8(10)11-12)3-2-4-6(7)9/h2-3,6,12H,4H2,1H3,(H2,10,11). The Morgan fingerprint density at radius 1 is 1.85 bits per heavy atom. The van der Waals surface area contributed by atoms with Crippen LogP contribution in [0, 0.1) is 0 Å². The monoisotopic (exact) mass is 186 g/mol. The first-order valence-electron chi connectivity index (χ1n) is 3.77. The minimum Gasteiger partial charge on any atom is -0.497 e. The molecule has 13 heavy (non-hydrogen) atoms. The molecule has 0 aromatic heterocycles. The number of hydrogen-bond donors (Lipinski definition) is 2. The Kier molecular flexibility index (Phi) is 2.89. The highest BCUT2D eigenvalue weighted by Gasteiger charge is 2.22. The zero-order chi connectivity index (χ0) is 9.84. The summed E-state index contributed by atoms with van der Waals surface area (Å²) >= 11 is 0. The van der Waals surface area contributed by atoms with E-state index in [1.165, 1.54) is 7.11 Å². The largest absolute Gasteiger partial charge is 0.497 e. The minimum atomic E-state index is -1.22. The van der Waals surface area contributed by atoms with Crippen LogP contribution in [0.1, 0.15) is 6.42 Å². The van der Waals surface area contributed by atoms with Crippen LogP contribution in [-0.4, -0.2) is 24.3 Å². The Balaban J connectivity index is 3.07. The van der Waals surface area contributed by atoms with Gasteiger partial charge < -0.3 is 15.7 Å². The maximum atomic E-state index is 13.2. The number of hydrogen-bond acceptors (Lipinski definition) is 3. The average Bonchev–Trinajstić information content (AvgIpc) is 2.16. The van der Waals surface area contributed by atoms with Crippen LogP contribution in [0.2, 0.25) is 0 Å². The summed E-state index contributed by atoms with van der Waals surface area (Å²) in [6.45, 7) is 0. The van der Waals surface area contributed by atoms with Crippen LogP contribution in [0.15, 0.2) is 28.6 Å². The molecule has 0 aromatic carbocycles. The number of nitrogens with zero attached hydrogens (tertiary/aromatic N) is 1. The molecule has 1 rings (SSSR count). The van der Waals surface area contributed by atoms with E-state index in [-0.39, 0.29) is 18.0 Å². The van der Waals surface area contributed by atoms with Gasteiger partial charge in [0.15, 0.2) is 12.0 Å². The van der Waals surface area contributed by atoms with E-state index in [2.05, 4.69) is 5.16 Å². The first-order valence-corrected chi connectivity index (χ1v) is 3.77. The minimum absolute atomic E-state index is 0.109. The zero-order valence-corrected chi connectivity index (χ0v) is 7.20. The summed E-state index contributed by atoms with van der Waals surface area (Å²) in [4.78, 5) is 0. The summed E-state index contributed by atoms with van der Waals surface area (Å²) < 4.78 is 18.0. The van der Waals surface area contributed by atoms with Crippen molar-refractivity contribution in [2.75, 3.05) is 7.11 Å². The molecular weight excluding hydrogens is 175 g/mol. The van der Waals surface area contributed by atoms with Gasteiger partial charge in [-0.25, -0.2) is 4.39 Å². The van der Waals surface area contributed by atoms with Crippen LogP contribution in [0.3, 0.4) is 0 Å². The number of methoxy groups -OCH3 is 1. The number of nitrogens with two attached hydrogens (primary N) is 1. The van der Waals surface area contributed by atoms with E-state index in [4.69, 9.17) is 15.7 Å². The lowest BCUT2D eigenvalue weighted by Gasteiger charge is -2.17. The molecule has 0 saturated carbocycles. The van der Waals surface area contributed by atoms with Crippen LogP contribution in [-0.2, 0) is 4.74 Å². The van der Waals surface area contributed by atoms with Crippen molar-refractivity contribution < 1.29 is 14.3 Å². The van der Waals surface area contributed by atoms with Crippen molar-refractivity contribution in [1.29, 1.82) is 0 Å². The maximum Gasteiger partial charge on any atom is 0.173 e. The Bertz CT molecular complexity index is 284. The molecular formula is C8H11FN2O2. The van der Waals surface area contributed by atoms with Crippen molar-refractivity contribution in [1.82, 2.24) is 0 Å². The first-order chi connectivity index (χ1) is 6.20. The lowest BCUT2D eigenvalue weighted by molar-refractivity contribution is 0.201. The highest BCUT2D eigenvalue weighted by molar-refractivity contribution is 5.99. The number of halogens is 1. The molecule has 0 bridgehead atoms. The topological polar surface area (TPSA) is 67.8 Å². The lowest BCUT2D eigenvalue weighted by Crippen LogP contribution is -2.21. The predicted octanol–water partition coefficient (Wildman–Crippen LogP) is 0.931. The first kappa shape index (κ1) is 9.57. The number of oxime groups is 1. The van der Waals surface area contributed by atoms with Crippen molar-refractivity contribution in [2.24, 2.45) is 10.9 Å². The summed E-state index contributed by atoms with van der Waals surface area (Å²) in [7, 11) is 1.35. The zero-order valence-electron chi connectivity index (χ0n) is 7.20. The Morgan fingerprint density at radius 2 is 2.54 bits per heavy atom. The van der Waals surface area contributed by atoms with Gasteiger partial charge in [-0.05, 0) is 0 Å². The fourth-order valence-corrected chi connectivity index (χ4v) is 1.17. The van der Waals surface area contributed by atoms with E-state index in [0.29, 0.717) is 5.57 Å². The molecule has 1 aliphatic rings. The van der Waals surface area contributed by atoms with Gasteiger partial charge >= 0.3 is 0 Å². The van der Waals surface area contributed by atoms with E-state index in [1.54, 1.807) is 12.2 Å². The van der Waals surface area contributed by atoms with Crippen molar-refractivity contribution in [3.8, 4) is 0 Å². The fraction of sp³-hybridized carbons (Fsp3) is 0.375. The van der Waals surface area contributed by atoms with Crippen molar-refractivity contribution in [3.63, 3.8) is 0 Å². The third-order valence-corrected chi connectivity index (χ3v) is 1.78. The Labute approximate surface area is 75.2 Å². The summed E-state index contributed by atoms with van der Waals surface area (Å²) in [6.07, 6.45) is 2.22. The van der Waals surface area contributed by atoms with Crippen LogP contribution < -0.4 is 5.73 Å². The number of amidine groups is 1. The summed E-state index contributed by atoms with van der Waals surface area (Å²) in [5.74, 6) is -0.0340. The summed E-state index contributed by atoms with van der Waals surface area (Å²) in [6, 6.07) is 0. The van der Waals surface area contributed by atoms with Gasteiger partial charge in [-0.3, -0.25) is 0 Å². The third kappa shape index (κ3) is 1.80. The average molecular weight is 186 g/mol. The third-order valence-electron chi connectivity index (χ3n) is 1.78. The van der Waals surface area contributed by atoms with Gasteiger partial charge in [0.1, 0.15) is 5.76 Å². The van der Waals surface area contributed by atoms with Gasteiger partial charge in [-0.2, -0.15) is 0 Å². The van der Waals surface area contributed by atoms with Gasteiger partial charge in [0.05, 0.1) is 12.7 Å². The van der Waals surface area contributed by atoms with E-state index in [9.17, 15) is 4.39 Å². The Hall–Kier alpha value is -1.52. The summed E-state index contributed by atoms with van der Waals surface area (Å²) in [5, 5.41) is 11.2. The molecule has 0 amide bonds. The smallest absolute Gasteiger partial charge is 0.173 e. The lowest BCUT2D eigenvalue weighted by atomic mass is 10.0. The molecule has 0 saturated heterocycles. The van der Waals surface area contributed by atoms with Gasteiger partial charge in [0.25, 0.3) is 0 Å². The van der Waals surface area contributed by atoms with Crippen LogP contribution in [0.4, 0.5) is 4.39 Å². The number of ether oxygens (including phenoxy) is 1. The second-order valence-electron chi connectivity index (χ2n) is 2.57. The molecule has 1 unspecified atom stereocenters. The van der Waals surface area contributed by atoms with Crippen molar-refractivity contribution in [3.05, 3.63) is 23.5 Å². The molecule has 3 N–H and O–H groups in total. The molecule has 72 valence electrons. The predicted molar refractivity (Wildman–Crippen MR) is 46.1 cm³/mol. The quantitative estimate of drug-likeness (QED) is 0.292. The molecule has 0 fully saturated rings. The molecule has 1 atom stereocenters. The molecule has 0 spiro atoms. The maximum absolute atomic E-state index is 13.2. The molecule has 0 aliphatic heterocycles. The number of allylic oxidation sites excluding steroid dienone is 2. The highest BCUT2D eigenvalue weighted by atomic mass is 19.1. The van der Waals surface area contributed by atoms with Gasteiger partial charge in [0, 0.05) is 6.42 Å². The second kappa shape index (κ2) is 3.93. The number of rotatable bonds is 2. The number of alkyl halides is 1. The van der Waals surface area contributed by atoms with Gasteiger partial charge in [0.2, 0.25) is 0 Å². The molecule has 4 nitrogen and oxygen atoms in total. The van der Waals surface area contributed by atoms with Crippen LogP contribution >= 0.6 is 0 Å². The molecule has 0 aromatic rings. The molecule has 0 radical (unpaired) electrons. The van der Waals surface area contributed by atoms with E-state index < -0.39 is 6.17 Å².